The summed E-state index contributed by atoms with van der Waals surface area (Å²) in [4.78, 5) is 0. The number of hydrogen-bond donors (Lipinski definition) is 1. The normalized spacial score (nSPS) is 28.6. The number of hydrogen-bond acceptors (Lipinski definition) is 3. The second-order valence-corrected chi connectivity index (χ2v) is 4.17. The molecule has 1 atom stereocenters. The van der Waals surface area contributed by atoms with Crippen LogP contribution in [0.3, 0.4) is 0 Å². The smallest absolute Gasteiger partial charge is 0.240 e. The van der Waals surface area contributed by atoms with Crippen molar-refractivity contribution < 1.29 is 9.47 Å². The second-order valence-electron chi connectivity index (χ2n) is 4.17. The van der Waals surface area contributed by atoms with Crippen molar-refractivity contribution in [2.75, 3.05) is 0 Å². The monoisotopic (exact) mass is 197 g/mol. The van der Waals surface area contributed by atoms with Gasteiger partial charge in [0.15, 0.2) is 5.76 Å². The standard InChI is InChI=1S/C11H19NO2/c1-8-11(14-9(2)13-8)12-10-6-4-3-5-7-10/h9-10,12H,3-7H2,1-2H3/t9-/m1/s1. The Labute approximate surface area is 85.5 Å². The average Bonchev–Trinajstić information content (AvgIpc) is 2.47. The van der Waals surface area contributed by atoms with Crippen LogP contribution in [-0.2, 0) is 9.47 Å². The Bertz CT molecular complexity index is 231. The van der Waals surface area contributed by atoms with Gasteiger partial charge in [0.1, 0.15) is 0 Å². The van der Waals surface area contributed by atoms with Crippen LogP contribution in [-0.4, -0.2) is 12.3 Å². The van der Waals surface area contributed by atoms with E-state index in [9.17, 15) is 0 Å². The van der Waals surface area contributed by atoms with Crippen molar-refractivity contribution >= 4 is 0 Å². The highest BCUT2D eigenvalue weighted by molar-refractivity contribution is 5.02. The van der Waals surface area contributed by atoms with Crippen LogP contribution in [0.15, 0.2) is 11.6 Å². The highest BCUT2D eigenvalue weighted by Crippen LogP contribution is 2.23. The molecule has 0 unspecified atom stereocenters. The fourth-order valence-electron chi connectivity index (χ4n) is 2.14. The Hall–Kier alpha value is -0.860. The molecule has 1 heterocycles. The summed E-state index contributed by atoms with van der Waals surface area (Å²) in [5, 5.41) is 3.43. The van der Waals surface area contributed by atoms with Gasteiger partial charge >= 0.3 is 0 Å². The van der Waals surface area contributed by atoms with Gasteiger partial charge in [-0.05, 0) is 19.8 Å². The highest BCUT2D eigenvalue weighted by atomic mass is 16.7. The minimum atomic E-state index is -0.124. The van der Waals surface area contributed by atoms with E-state index in [4.69, 9.17) is 9.47 Å². The van der Waals surface area contributed by atoms with Crippen molar-refractivity contribution in [3.05, 3.63) is 11.6 Å². The molecule has 80 valence electrons. The van der Waals surface area contributed by atoms with Gasteiger partial charge in [-0.2, -0.15) is 0 Å². The lowest BCUT2D eigenvalue weighted by Gasteiger charge is -2.23. The van der Waals surface area contributed by atoms with Gasteiger partial charge in [0.2, 0.25) is 12.2 Å². The molecule has 0 aromatic carbocycles. The van der Waals surface area contributed by atoms with E-state index in [1.165, 1.54) is 32.1 Å². The molecular weight excluding hydrogens is 178 g/mol. The van der Waals surface area contributed by atoms with Gasteiger partial charge in [-0.3, -0.25) is 0 Å². The van der Waals surface area contributed by atoms with Gasteiger partial charge in [-0.15, -0.1) is 0 Å². The van der Waals surface area contributed by atoms with E-state index < -0.39 is 0 Å². The topological polar surface area (TPSA) is 30.5 Å². The Morgan fingerprint density at radius 2 is 1.86 bits per heavy atom. The Balaban J connectivity index is 1.87. The molecule has 1 saturated carbocycles. The molecule has 0 aromatic rings. The number of ether oxygens (including phenoxy) is 2. The first kappa shape index (κ1) is 9.69. The van der Waals surface area contributed by atoms with Gasteiger partial charge < -0.3 is 14.8 Å². The quantitative estimate of drug-likeness (QED) is 0.737. The van der Waals surface area contributed by atoms with E-state index in [2.05, 4.69) is 5.32 Å². The minimum Gasteiger partial charge on any atom is -0.454 e. The van der Waals surface area contributed by atoms with Crippen molar-refractivity contribution in [3.8, 4) is 0 Å². The SMILES string of the molecule is CC1=C(NC2CCCCC2)O[C@H](C)O1. The first-order valence-electron chi connectivity index (χ1n) is 5.56. The zero-order chi connectivity index (χ0) is 9.97. The zero-order valence-corrected chi connectivity index (χ0v) is 9.01. The van der Waals surface area contributed by atoms with Gasteiger partial charge in [0, 0.05) is 13.0 Å². The van der Waals surface area contributed by atoms with E-state index in [-0.39, 0.29) is 6.29 Å². The Morgan fingerprint density at radius 3 is 2.43 bits per heavy atom. The summed E-state index contributed by atoms with van der Waals surface area (Å²) in [5.74, 6) is 1.74. The summed E-state index contributed by atoms with van der Waals surface area (Å²) in [7, 11) is 0. The van der Waals surface area contributed by atoms with E-state index in [1.807, 2.05) is 13.8 Å². The van der Waals surface area contributed by atoms with Crippen LogP contribution in [0.4, 0.5) is 0 Å². The maximum atomic E-state index is 5.52. The maximum absolute atomic E-state index is 5.52. The molecule has 2 aliphatic rings. The lowest BCUT2D eigenvalue weighted by Crippen LogP contribution is -2.31. The lowest BCUT2D eigenvalue weighted by atomic mass is 9.96. The van der Waals surface area contributed by atoms with Crippen LogP contribution >= 0.6 is 0 Å². The van der Waals surface area contributed by atoms with Crippen LogP contribution in [0.1, 0.15) is 46.0 Å². The molecular formula is C11H19NO2. The molecule has 3 nitrogen and oxygen atoms in total. The molecule has 0 saturated heterocycles. The molecule has 2 rings (SSSR count). The molecule has 0 aromatic heterocycles. The third-order valence-electron chi connectivity index (χ3n) is 2.89. The number of allylic oxidation sites excluding steroid dienone is 1. The summed E-state index contributed by atoms with van der Waals surface area (Å²) in [6.07, 6.45) is 6.44. The first-order chi connectivity index (χ1) is 6.75. The van der Waals surface area contributed by atoms with Gasteiger partial charge in [-0.25, -0.2) is 0 Å². The third kappa shape index (κ3) is 2.14. The Morgan fingerprint density at radius 1 is 1.14 bits per heavy atom. The number of nitrogens with one attached hydrogen (secondary N) is 1. The molecule has 1 aliphatic carbocycles. The molecule has 0 amide bonds. The maximum Gasteiger partial charge on any atom is 0.240 e. The molecule has 0 radical (unpaired) electrons. The number of rotatable bonds is 2. The van der Waals surface area contributed by atoms with Gasteiger partial charge in [0.25, 0.3) is 0 Å². The van der Waals surface area contributed by atoms with E-state index in [1.54, 1.807) is 0 Å². The fraction of sp³-hybridized carbons (Fsp3) is 0.818. The van der Waals surface area contributed by atoms with Gasteiger partial charge in [-0.1, -0.05) is 19.3 Å². The average molecular weight is 197 g/mol. The van der Waals surface area contributed by atoms with Crippen LogP contribution in [0.5, 0.6) is 0 Å². The predicted molar refractivity (Wildman–Crippen MR) is 54.3 cm³/mol. The largest absolute Gasteiger partial charge is 0.454 e. The summed E-state index contributed by atoms with van der Waals surface area (Å²) >= 11 is 0. The third-order valence-corrected chi connectivity index (χ3v) is 2.89. The predicted octanol–water partition coefficient (Wildman–Crippen LogP) is 2.49. The summed E-state index contributed by atoms with van der Waals surface area (Å²) < 4.78 is 10.9. The van der Waals surface area contributed by atoms with Crippen molar-refractivity contribution in [2.45, 2.75) is 58.3 Å². The van der Waals surface area contributed by atoms with Crippen molar-refractivity contribution in [1.82, 2.24) is 5.32 Å². The molecule has 1 aliphatic heterocycles. The molecule has 14 heavy (non-hydrogen) atoms. The van der Waals surface area contributed by atoms with Gasteiger partial charge in [0.05, 0.1) is 0 Å². The van der Waals surface area contributed by atoms with Crippen LogP contribution in [0.25, 0.3) is 0 Å². The summed E-state index contributed by atoms with van der Waals surface area (Å²) in [6.45, 7) is 3.87. The van der Waals surface area contributed by atoms with Crippen molar-refractivity contribution in [2.24, 2.45) is 0 Å². The minimum absolute atomic E-state index is 0.124. The van der Waals surface area contributed by atoms with Crippen LogP contribution < -0.4 is 5.32 Å². The molecule has 0 bridgehead atoms. The second kappa shape index (κ2) is 4.11. The van der Waals surface area contributed by atoms with Crippen LogP contribution in [0, 0.1) is 0 Å². The van der Waals surface area contributed by atoms with E-state index in [0.717, 1.165) is 11.6 Å². The molecule has 1 fully saturated rings. The molecule has 3 heteroatoms. The van der Waals surface area contributed by atoms with Crippen molar-refractivity contribution in [3.63, 3.8) is 0 Å². The van der Waals surface area contributed by atoms with E-state index in [0.29, 0.717) is 6.04 Å². The van der Waals surface area contributed by atoms with Crippen molar-refractivity contribution in [1.29, 1.82) is 0 Å². The fourth-order valence-corrected chi connectivity index (χ4v) is 2.14. The first-order valence-corrected chi connectivity index (χ1v) is 5.56. The summed E-state index contributed by atoms with van der Waals surface area (Å²) in [5.41, 5.74) is 0. The molecule has 0 spiro atoms. The zero-order valence-electron chi connectivity index (χ0n) is 9.01. The summed E-state index contributed by atoms with van der Waals surface area (Å²) in [6, 6.07) is 0.586. The van der Waals surface area contributed by atoms with Crippen LogP contribution in [0.2, 0.25) is 0 Å². The lowest BCUT2D eigenvalue weighted by molar-refractivity contribution is -0.0274. The highest BCUT2D eigenvalue weighted by Gasteiger charge is 2.23. The Kier molecular flexibility index (Phi) is 2.85. The van der Waals surface area contributed by atoms with E-state index >= 15 is 0 Å². The molecule has 1 N–H and O–H groups in total.